The van der Waals surface area contributed by atoms with Crippen molar-refractivity contribution >= 4 is 12.6 Å². The van der Waals surface area contributed by atoms with Gasteiger partial charge in [0.15, 0.2) is 0 Å². The molecule has 1 aliphatic rings. The largest absolute Gasteiger partial charge is 0.379 e. The quantitative estimate of drug-likeness (QED) is 0.802. The van der Waals surface area contributed by atoms with E-state index in [-0.39, 0.29) is 5.41 Å². The van der Waals surface area contributed by atoms with Crippen LogP contribution in [0.15, 0.2) is 18.2 Å². The fraction of sp³-hybridized carbons (Fsp3) is 0.600. The average Bonchev–Trinajstić information content (AvgIpc) is 2.24. The van der Waals surface area contributed by atoms with E-state index in [1.165, 1.54) is 16.7 Å². The van der Waals surface area contributed by atoms with Crippen molar-refractivity contribution in [3.8, 4) is 0 Å². The zero-order chi connectivity index (χ0) is 12.5. The van der Waals surface area contributed by atoms with Gasteiger partial charge in [0, 0.05) is 5.41 Å². The van der Waals surface area contributed by atoms with Gasteiger partial charge in [-0.1, -0.05) is 32.0 Å². The van der Waals surface area contributed by atoms with Gasteiger partial charge in [0.2, 0.25) is 0 Å². The highest BCUT2D eigenvalue weighted by molar-refractivity contribution is 7.80. The summed E-state index contributed by atoms with van der Waals surface area (Å²) in [4.78, 5) is 0. The van der Waals surface area contributed by atoms with E-state index >= 15 is 0 Å². The summed E-state index contributed by atoms with van der Waals surface area (Å²) in [6, 6.07) is 6.88. The predicted molar refractivity (Wildman–Crippen MR) is 76.2 cm³/mol. The van der Waals surface area contributed by atoms with E-state index in [0.29, 0.717) is 5.92 Å². The third-order valence-electron chi connectivity index (χ3n) is 3.85. The fourth-order valence-corrected chi connectivity index (χ4v) is 3.00. The number of rotatable bonds is 4. The molecular weight excluding hydrogens is 228 g/mol. The molecule has 0 N–H and O–H groups in total. The minimum absolute atomic E-state index is 0.233. The zero-order valence-electron chi connectivity index (χ0n) is 11.0. The first kappa shape index (κ1) is 13.0. The SMILES string of the molecule is Cc1ccc(C(C)C)cc1C1(CCS)COC1. The van der Waals surface area contributed by atoms with Crippen molar-refractivity contribution < 1.29 is 4.74 Å². The molecule has 1 aliphatic heterocycles. The first-order valence-corrected chi connectivity index (χ1v) is 7.02. The predicted octanol–water partition coefficient (Wildman–Crippen LogP) is 3.71. The van der Waals surface area contributed by atoms with Gasteiger partial charge in [-0.05, 0) is 41.7 Å². The Morgan fingerprint density at radius 2 is 2.06 bits per heavy atom. The fourth-order valence-electron chi connectivity index (χ4n) is 2.57. The number of benzene rings is 1. The highest BCUT2D eigenvalue weighted by Gasteiger charge is 2.40. The van der Waals surface area contributed by atoms with Gasteiger partial charge in [0.25, 0.3) is 0 Å². The van der Waals surface area contributed by atoms with Crippen LogP contribution in [0.1, 0.15) is 42.9 Å². The third-order valence-corrected chi connectivity index (χ3v) is 4.07. The van der Waals surface area contributed by atoms with Crippen LogP contribution in [0.2, 0.25) is 0 Å². The molecule has 1 nitrogen and oxygen atoms in total. The maximum Gasteiger partial charge on any atom is 0.0586 e. The van der Waals surface area contributed by atoms with Crippen molar-refractivity contribution in [2.75, 3.05) is 19.0 Å². The van der Waals surface area contributed by atoms with Crippen LogP contribution in [0, 0.1) is 6.92 Å². The molecule has 17 heavy (non-hydrogen) atoms. The Morgan fingerprint density at radius 3 is 2.53 bits per heavy atom. The van der Waals surface area contributed by atoms with Crippen LogP contribution in [-0.2, 0) is 10.2 Å². The second kappa shape index (κ2) is 5.03. The molecule has 1 aromatic rings. The molecule has 1 aromatic carbocycles. The van der Waals surface area contributed by atoms with Gasteiger partial charge in [-0.15, -0.1) is 0 Å². The molecule has 0 aliphatic carbocycles. The van der Waals surface area contributed by atoms with Gasteiger partial charge in [-0.25, -0.2) is 0 Å². The van der Waals surface area contributed by atoms with Crippen molar-refractivity contribution in [3.05, 3.63) is 34.9 Å². The molecule has 0 saturated carbocycles. The highest BCUT2D eigenvalue weighted by Crippen LogP contribution is 2.38. The van der Waals surface area contributed by atoms with Gasteiger partial charge in [-0.2, -0.15) is 12.6 Å². The van der Waals surface area contributed by atoms with E-state index in [1.54, 1.807) is 0 Å². The van der Waals surface area contributed by atoms with Crippen molar-refractivity contribution in [1.82, 2.24) is 0 Å². The smallest absolute Gasteiger partial charge is 0.0586 e. The summed E-state index contributed by atoms with van der Waals surface area (Å²) in [5.74, 6) is 1.51. The number of hydrogen-bond donors (Lipinski definition) is 1. The van der Waals surface area contributed by atoms with Crippen LogP contribution in [0.25, 0.3) is 0 Å². The van der Waals surface area contributed by atoms with Gasteiger partial charge in [-0.3, -0.25) is 0 Å². The average molecular weight is 250 g/mol. The van der Waals surface area contributed by atoms with Crippen molar-refractivity contribution in [2.24, 2.45) is 0 Å². The molecule has 0 bridgehead atoms. The van der Waals surface area contributed by atoms with Crippen LogP contribution >= 0.6 is 12.6 Å². The van der Waals surface area contributed by atoms with E-state index in [4.69, 9.17) is 4.74 Å². The lowest BCUT2D eigenvalue weighted by atomic mass is 9.73. The van der Waals surface area contributed by atoms with Crippen molar-refractivity contribution in [2.45, 2.75) is 38.5 Å². The molecule has 0 unspecified atom stereocenters. The minimum atomic E-state index is 0.233. The van der Waals surface area contributed by atoms with Gasteiger partial charge in [0.1, 0.15) is 0 Å². The summed E-state index contributed by atoms with van der Waals surface area (Å²) in [6.45, 7) is 8.41. The lowest BCUT2D eigenvalue weighted by Crippen LogP contribution is -2.47. The highest BCUT2D eigenvalue weighted by atomic mass is 32.1. The van der Waals surface area contributed by atoms with Crippen molar-refractivity contribution in [1.29, 1.82) is 0 Å². The summed E-state index contributed by atoms with van der Waals surface area (Å²) in [6.07, 6.45) is 1.11. The first-order chi connectivity index (χ1) is 8.09. The molecule has 2 heteroatoms. The number of ether oxygens (including phenoxy) is 1. The summed E-state index contributed by atoms with van der Waals surface area (Å²) in [5.41, 5.74) is 4.52. The molecule has 0 radical (unpaired) electrons. The van der Waals surface area contributed by atoms with Crippen LogP contribution in [0.5, 0.6) is 0 Å². The van der Waals surface area contributed by atoms with Gasteiger partial charge >= 0.3 is 0 Å². The van der Waals surface area contributed by atoms with E-state index in [2.05, 4.69) is 51.6 Å². The monoisotopic (exact) mass is 250 g/mol. The van der Waals surface area contributed by atoms with E-state index in [1.807, 2.05) is 0 Å². The second-order valence-corrected chi connectivity index (χ2v) is 5.92. The van der Waals surface area contributed by atoms with Crippen molar-refractivity contribution in [3.63, 3.8) is 0 Å². The molecule has 0 amide bonds. The molecule has 94 valence electrons. The maximum atomic E-state index is 5.47. The first-order valence-electron chi connectivity index (χ1n) is 6.39. The Kier molecular flexibility index (Phi) is 3.84. The number of aryl methyl sites for hydroxylation is 1. The van der Waals surface area contributed by atoms with Gasteiger partial charge in [0.05, 0.1) is 13.2 Å². The number of thiol groups is 1. The molecular formula is C15H22OS. The summed E-state index contributed by atoms with van der Waals surface area (Å²) in [7, 11) is 0. The summed E-state index contributed by atoms with van der Waals surface area (Å²) >= 11 is 4.40. The Labute approximate surface area is 110 Å². The minimum Gasteiger partial charge on any atom is -0.379 e. The maximum absolute atomic E-state index is 5.47. The van der Waals surface area contributed by atoms with Crippen LogP contribution < -0.4 is 0 Å². The molecule has 0 atom stereocenters. The summed E-state index contributed by atoms with van der Waals surface area (Å²) in [5, 5.41) is 0. The normalized spacial score (nSPS) is 18.2. The molecule has 2 rings (SSSR count). The molecule has 1 saturated heterocycles. The standard InChI is InChI=1S/C15H22OS/c1-11(2)13-5-4-12(3)14(8-13)15(6-7-17)9-16-10-15/h4-5,8,11,17H,6-7,9-10H2,1-3H3. The molecule has 0 spiro atoms. The number of hydrogen-bond acceptors (Lipinski definition) is 2. The lowest BCUT2D eigenvalue weighted by Gasteiger charge is -2.43. The molecule has 1 fully saturated rings. The third kappa shape index (κ3) is 2.38. The second-order valence-electron chi connectivity index (χ2n) is 5.48. The van der Waals surface area contributed by atoms with Gasteiger partial charge < -0.3 is 4.74 Å². The van der Waals surface area contributed by atoms with Crippen LogP contribution in [0.4, 0.5) is 0 Å². The van der Waals surface area contributed by atoms with Crippen LogP contribution in [-0.4, -0.2) is 19.0 Å². The van der Waals surface area contributed by atoms with Crippen LogP contribution in [0.3, 0.4) is 0 Å². The topological polar surface area (TPSA) is 9.23 Å². The lowest BCUT2D eigenvalue weighted by molar-refractivity contribution is -0.0617. The Morgan fingerprint density at radius 1 is 1.35 bits per heavy atom. The molecule has 1 heterocycles. The Hall–Kier alpha value is -0.470. The van der Waals surface area contributed by atoms with E-state index in [0.717, 1.165) is 25.4 Å². The molecule has 0 aromatic heterocycles. The Bertz CT molecular complexity index is 394. The zero-order valence-corrected chi connectivity index (χ0v) is 11.9. The van der Waals surface area contributed by atoms with E-state index < -0.39 is 0 Å². The summed E-state index contributed by atoms with van der Waals surface area (Å²) < 4.78 is 5.47. The van der Waals surface area contributed by atoms with E-state index in [9.17, 15) is 0 Å². The Balaban J connectivity index is 2.39.